The van der Waals surface area contributed by atoms with E-state index in [1.165, 1.54) is 10.0 Å². The molecule has 0 heterocycles. The molecule has 1 N–H and O–H groups in total. The Morgan fingerprint density at radius 1 is 1.60 bits per heavy atom. The molecule has 0 aromatic heterocycles. The summed E-state index contributed by atoms with van der Waals surface area (Å²) < 4.78 is 1.30. The molecule has 2 heteroatoms. The van der Waals surface area contributed by atoms with Crippen LogP contribution in [0.1, 0.15) is 19.8 Å². The fourth-order valence-electron chi connectivity index (χ4n) is 0.845. The molecule has 0 aromatic carbocycles. The summed E-state index contributed by atoms with van der Waals surface area (Å²) in [6, 6.07) is 0. The Bertz CT molecular complexity index is 159. The predicted molar refractivity (Wildman–Crippen MR) is 38.1 cm³/mol. The predicted octanol–water partition coefficient (Wildman–Crippen LogP) is -1.35. The standard InChI is InChI=1S/C8H12IO/c1-7(10)9-8-5-3-2-4-6-8/h3,5-7,10H,2,4H2,1H3/q-1. The van der Waals surface area contributed by atoms with Crippen molar-refractivity contribution in [2.24, 2.45) is 0 Å². The molecule has 0 bridgehead atoms. The van der Waals surface area contributed by atoms with E-state index in [-0.39, 0.29) is 25.3 Å². The van der Waals surface area contributed by atoms with Crippen LogP contribution in [0.15, 0.2) is 21.8 Å². The molecule has 0 fully saturated rings. The summed E-state index contributed by atoms with van der Waals surface area (Å²) in [6.45, 7) is 1.87. The second kappa shape index (κ2) is 4.13. The topological polar surface area (TPSA) is 20.2 Å². The quantitative estimate of drug-likeness (QED) is 0.475. The van der Waals surface area contributed by atoms with Gasteiger partial charge in [-0.15, -0.1) is 0 Å². The molecule has 0 aliphatic heterocycles. The van der Waals surface area contributed by atoms with Gasteiger partial charge in [-0.25, -0.2) is 0 Å². The molecule has 10 heavy (non-hydrogen) atoms. The van der Waals surface area contributed by atoms with Crippen LogP contribution in [0.2, 0.25) is 0 Å². The van der Waals surface area contributed by atoms with Crippen molar-refractivity contribution in [2.75, 3.05) is 0 Å². The SMILES string of the molecule is CC(O)[I-]C1=CCCC=C1. The van der Waals surface area contributed by atoms with Crippen molar-refractivity contribution < 1.29 is 26.3 Å². The summed E-state index contributed by atoms with van der Waals surface area (Å²) >= 11 is -0.126. The van der Waals surface area contributed by atoms with E-state index in [9.17, 15) is 0 Å². The number of rotatable bonds is 2. The third-order valence-electron chi connectivity index (χ3n) is 1.23. The monoisotopic (exact) mass is 251 g/mol. The maximum absolute atomic E-state index is 9.08. The van der Waals surface area contributed by atoms with Crippen LogP contribution in [-0.2, 0) is 0 Å². The van der Waals surface area contributed by atoms with Gasteiger partial charge in [0, 0.05) is 0 Å². The van der Waals surface area contributed by atoms with Crippen LogP contribution in [0.4, 0.5) is 0 Å². The third kappa shape index (κ3) is 2.84. The van der Waals surface area contributed by atoms with Crippen LogP contribution >= 0.6 is 0 Å². The average Bonchev–Trinajstić information content (AvgIpc) is 1.88. The molecular formula is C8H12IO-. The van der Waals surface area contributed by atoms with Gasteiger partial charge in [0.05, 0.1) is 0 Å². The van der Waals surface area contributed by atoms with Gasteiger partial charge in [0.25, 0.3) is 0 Å². The maximum atomic E-state index is 9.08. The summed E-state index contributed by atoms with van der Waals surface area (Å²) in [4.78, 5) is 0. The van der Waals surface area contributed by atoms with Crippen LogP contribution in [0.25, 0.3) is 0 Å². The van der Waals surface area contributed by atoms with Crippen molar-refractivity contribution in [3.05, 3.63) is 21.8 Å². The molecule has 0 spiro atoms. The first-order valence-electron chi connectivity index (χ1n) is 3.47. The van der Waals surface area contributed by atoms with Crippen LogP contribution in [0.3, 0.4) is 0 Å². The van der Waals surface area contributed by atoms with Gasteiger partial charge in [0.1, 0.15) is 0 Å². The number of allylic oxidation sites excluding steroid dienone is 4. The van der Waals surface area contributed by atoms with Gasteiger partial charge in [0.15, 0.2) is 0 Å². The second-order valence-corrected chi connectivity index (χ2v) is 5.92. The molecule has 1 rings (SSSR count). The summed E-state index contributed by atoms with van der Waals surface area (Å²) in [6.07, 6.45) is 8.94. The van der Waals surface area contributed by atoms with Crippen molar-refractivity contribution in [3.8, 4) is 0 Å². The molecule has 0 saturated carbocycles. The molecule has 1 aliphatic rings. The van der Waals surface area contributed by atoms with Crippen LogP contribution < -0.4 is 21.2 Å². The fraction of sp³-hybridized carbons (Fsp3) is 0.500. The number of aliphatic hydroxyl groups is 1. The zero-order valence-corrected chi connectivity index (χ0v) is 8.21. The summed E-state index contributed by atoms with van der Waals surface area (Å²) in [5, 5.41) is 9.08. The van der Waals surface area contributed by atoms with Crippen LogP contribution in [0.5, 0.6) is 0 Å². The second-order valence-electron chi connectivity index (χ2n) is 2.25. The van der Waals surface area contributed by atoms with Crippen molar-refractivity contribution in [1.29, 1.82) is 0 Å². The van der Waals surface area contributed by atoms with E-state index in [0.717, 1.165) is 6.42 Å². The first-order chi connectivity index (χ1) is 4.79. The Labute approximate surface area is 72.1 Å². The Morgan fingerprint density at radius 3 is 2.90 bits per heavy atom. The molecule has 1 nitrogen and oxygen atoms in total. The minimum atomic E-state index is -0.126. The molecule has 58 valence electrons. The molecule has 0 saturated heterocycles. The first-order valence-corrected chi connectivity index (χ1v) is 5.79. The molecule has 1 aliphatic carbocycles. The Kier molecular flexibility index (Phi) is 3.42. The molecule has 0 aromatic rings. The fourth-order valence-corrected chi connectivity index (χ4v) is 2.91. The number of aliphatic hydroxyl groups excluding tert-OH is 1. The molecule has 1 atom stereocenters. The Balaban J connectivity index is 2.40. The normalized spacial score (nSPS) is 20.8. The number of hydrogen-bond acceptors (Lipinski definition) is 1. The van der Waals surface area contributed by atoms with Crippen molar-refractivity contribution in [2.45, 2.75) is 23.9 Å². The summed E-state index contributed by atoms with van der Waals surface area (Å²) in [5.41, 5.74) is 0. The van der Waals surface area contributed by atoms with Crippen molar-refractivity contribution >= 4 is 0 Å². The van der Waals surface area contributed by atoms with Gasteiger partial charge in [-0.05, 0) is 0 Å². The average molecular weight is 251 g/mol. The first kappa shape index (κ1) is 8.27. The van der Waals surface area contributed by atoms with Crippen molar-refractivity contribution in [3.63, 3.8) is 0 Å². The van der Waals surface area contributed by atoms with E-state index in [4.69, 9.17) is 5.11 Å². The van der Waals surface area contributed by atoms with Crippen LogP contribution in [-0.4, -0.2) is 9.22 Å². The van der Waals surface area contributed by atoms with Crippen LogP contribution in [0, 0.1) is 0 Å². The third-order valence-corrected chi connectivity index (χ3v) is 3.65. The number of halogens is 1. The van der Waals surface area contributed by atoms with Gasteiger partial charge in [-0.3, -0.25) is 0 Å². The Morgan fingerprint density at radius 2 is 2.40 bits per heavy atom. The van der Waals surface area contributed by atoms with E-state index in [1.807, 2.05) is 6.92 Å². The van der Waals surface area contributed by atoms with E-state index in [1.54, 1.807) is 0 Å². The molecule has 0 amide bonds. The van der Waals surface area contributed by atoms with Crippen molar-refractivity contribution in [1.82, 2.24) is 0 Å². The van der Waals surface area contributed by atoms with Gasteiger partial charge in [0.2, 0.25) is 0 Å². The zero-order chi connectivity index (χ0) is 7.40. The molecule has 0 radical (unpaired) electrons. The number of alkyl halides is 1. The van der Waals surface area contributed by atoms with E-state index in [2.05, 4.69) is 18.2 Å². The summed E-state index contributed by atoms with van der Waals surface area (Å²) in [7, 11) is 0. The molecular weight excluding hydrogens is 239 g/mol. The van der Waals surface area contributed by atoms with Gasteiger partial charge >= 0.3 is 72.0 Å². The van der Waals surface area contributed by atoms with Gasteiger partial charge in [-0.1, -0.05) is 0 Å². The molecule has 1 unspecified atom stereocenters. The van der Waals surface area contributed by atoms with Gasteiger partial charge in [-0.2, -0.15) is 0 Å². The van der Waals surface area contributed by atoms with E-state index >= 15 is 0 Å². The van der Waals surface area contributed by atoms with E-state index in [0.29, 0.717) is 0 Å². The summed E-state index contributed by atoms with van der Waals surface area (Å²) in [5.74, 6) is 0. The zero-order valence-electron chi connectivity index (χ0n) is 6.05. The van der Waals surface area contributed by atoms with Gasteiger partial charge < -0.3 is 0 Å². The van der Waals surface area contributed by atoms with E-state index < -0.39 is 0 Å². The Hall–Kier alpha value is 0.170. The minimum absolute atomic E-state index is 0.0900. The number of hydrogen-bond donors (Lipinski definition) is 1.